The number of aromatic nitrogens is 2. The Morgan fingerprint density at radius 1 is 1.40 bits per heavy atom. The summed E-state index contributed by atoms with van der Waals surface area (Å²) in [4.78, 5) is 4.25. The van der Waals surface area contributed by atoms with Gasteiger partial charge in [-0.05, 0) is 18.6 Å². The Kier molecular flexibility index (Phi) is 4.58. The number of sulfonamides is 1. The van der Waals surface area contributed by atoms with Gasteiger partial charge in [-0.1, -0.05) is 6.07 Å². The van der Waals surface area contributed by atoms with Crippen molar-refractivity contribution >= 4 is 21.5 Å². The van der Waals surface area contributed by atoms with Crippen LogP contribution in [0.15, 0.2) is 29.4 Å². The van der Waals surface area contributed by atoms with Gasteiger partial charge in [-0.3, -0.25) is 4.40 Å². The average molecular weight is 298 g/mol. The maximum Gasteiger partial charge on any atom is 0.260 e. The van der Waals surface area contributed by atoms with Crippen molar-refractivity contribution in [1.29, 1.82) is 0 Å². The van der Waals surface area contributed by atoms with E-state index in [1.165, 1.54) is 0 Å². The molecule has 110 valence electrons. The van der Waals surface area contributed by atoms with Crippen molar-refractivity contribution < 1.29 is 13.2 Å². The molecule has 0 spiro atoms. The summed E-state index contributed by atoms with van der Waals surface area (Å²) in [6.07, 6.45) is 2.29. The molecule has 0 atom stereocenters. The van der Waals surface area contributed by atoms with Crippen LogP contribution in [-0.2, 0) is 14.8 Å². The van der Waals surface area contributed by atoms with E-state index in [9.17, 15) is 8.42 Å². The van der Waals surface area contributed by atoms with Crippen molar-refractivity contribution in [2.45, 2.75) is 11.4 Å². The Balaban J connectivity index is 2.35. The molecule has 8 heteroatoms. The van der Waals surface area contributed by atoms with Crippen molar-refractivity contribution in [3.8, 4) is 0 Å². The normalized spacial score (nSPS) is 11.9. The molecule has 2 N–H and O–H groups in total. The van der Waals surface area contributed by atoms with Gasteiger partial charge < -0.3 is 10.1 Å². The van der Waals surface area contributed by atoms with Crippen molar-refractivity contribution in [3.63, 3.8) is 0 Å². The topological polar surface area (TPSA) is 84.7 Å². The number of pyridine rings is 1. The molecule has 0 bridgehead atoms. The van der Waals surface area contributed by atoms with E-state index in [0.29, 0.717) is 31.0 Å². The van der Waals surface area contributed by atoms with Crippen LogP contribution in [0.25, 0.3) is 5.65 Å². The van der Waals surface area contributed by atoms with E-state index in [1.54, 1.807) is 36.9 Å². The molecule has 2 rings (SSSR count). The van der Waals surface area contributed by atoms with Crippen molar-refractivity contribution in [1.82, 2.24) is 14.1 Å². The van der Waals surface area contributed by atoms with Crippen LogP contribution in [0, 0.1) is 0 Å². The molecule has 0 saturated carbocycles. The third-order valence-corrected chi connectivity index (χ3v) is 4.28. The Hall–Kier alpha value is -1.64. The lowest BCUT2D eigenvalue weighted by molar-refractivity contribution is 0.196. The number of hydrogen-bond acceptors (Lipinski definition) is 5. The van der Waals surface area contributed by atoms with Crippen LogP contribution in [0.1, 0.15) is 6.42 Å². The number of nitrogens with zero attached hydrogens (tertiary/aromatic N) is 2. The highest BCUT2D eigenvalue weighted by atomic mass is 32.2. The Morgan fingerprint density at radius 2 is 2.20 bits per heavy atom. The van der Waals surface area contributed by atoms with E-state index < -0.39 is 10.0 Å². The van der Waals surface area contributed by atoms with Crippen LogP contribution in [0.3, 0.4) is 0 Å². The number of fused-ring (bicyclic) bond motifs is 1. The molecule has 0 aliphatic carbocycles. The van der Waals surface area contributed by atoms with Crippen molar-refractivity contribution in [2.24, 2.45) is 0 Å². The summed E-state index contributed by atoms with van der Waals surface area (Å²) >= 11 is 0. The smallest absolute Gasteiger partial charge is 0.260 e. The minimum Gasteiger partial charge on any atom is -0.385 e. The van der Waals surface area contributed by atoms with Crippen LogP contribution in [0.4, 0.5) is 5.82 Å². The van der Waals surface area contributed by atoms with E-state index in [0.717, 1.165) is 0 Å². The fraction of sp³-hybridized carbons (Fsp3) is 0.417. The first-order valence-corrected chi connectivity index (χ1v) is 7.72. The third kappa shape index (κ3) is 2.92. The van der Waals surface area contributed by atoms with Gasteiger partial charge in [0.15, 0.2) is 10.8 Å². The van der Waals surface area contributed by atoms with Crippen molar-refractivity contribution in [3.05, 3.63) is 24.4 Å². The lowest BCUT2D eigenvalue weighted by atomic mass is 10.5. The highest BCUT2D eigenvalue weighted by Gasteiger charge is 2.24. The van der Waals surface area contributed by atoms with Crippen molar-refractivity contribution in [2.75, 3.05) is 32.6 Å². The van der Waals surface area contributed by atoms with Gasteiger partial charge in [0.25, 0.3) is 10.0 Å². The number of hydrogen-bond donors (Lipinski definition) is 2. The highest BCUT2D eigenvalue weighted by Crippen LogP contribution is 2.21. The molecule has 0 unspecified atom stereocenters. The van der Waals surface area contributed by atoms with E-state index >= 15 is 0 Å². The Bertz CT molecular complexity index is 681. The largest absolute Gasteiger partial charge is 0.385 e. The first kappa shape index (κ1) is 14.8. The van der Waals surface area contributed by atoms with E-state index in [4.69, 9.17) is 4.74 Å². The zero-order valence-corrected chi connectivity index (χ0v) is 12.3. The summed E-state index contributed by atoms with van der Waals surface area (Å²) in [7, 11) is -0.408. The molecule has 2 aromatic rings. The fourth-order valence-corrected chi connectivity index (χ4v) is 3.25. The van der Waals surface area contributed by atoms with Gasteiger partial charge in [0.05, 0.1) is 0 Å². The summed E-state index contributed by atoms with van der Waals surface area (Å²) in [6, 6.07) is 5.33. The summed E-state index contributed by atoms with van der Waals surface area (Å²) < 4.78 is 33.8. The second kappa shape index (κ2) is 6.21. The number of imidazole rings is 1. The minimum atomic E-state index is -3.63. The number of rotatable bonds is 7. The molecule has 0 saturated heterocycles. The van der Waals surface area contributed by atoms with Crippen LogP contribution in [0.5, 0.6) is 0 Å². The van der Waals surface area contributed by atoms with Crippen LogP contribution in [-0.4, -0.2) is 45.1 Å². The van der Waals surface area contributed by atoms with Crippen LogP contribution in [0.2, 0.25) is 0 Å². The number of methoxy groups -OCH3 is 1. The zero-order chi connectivity index (χ0) is 14.6. The molecule has 0 aliphatic heterocycles. The quantitative estimate of drug-likeness (QED) is 0.735. The predicted octanol–water partition coefficient (Wildman–Crippen LogP) is 0.691. The maximum atomic E-state index is 12.4. The Labute approximate surface area is 118 Å². The van der Waals surface area contributed by atoms with Gasteiger partial charge >= 0.3 is 0 Å². The average Bonchev–Trinajstić information content (AvgIpc) is 2.83. The van der Waals surface area contributed by atoms with Gasteiger partial charge in [-0.15, -0.1) is 0 Å². The standard InChI is InChI=1S/C12H18N4O3S/c1-13-11-12(16-8-4-3-6-10(16)15-11)20(17,18)14-7-5-9-19-2/h3-4,6,8,13-14H,5,7,9H2,1-2H3. The highest BCUT2D eigenvalue weighted by molar-refractivity contribution is 7.89. The fourth-order valence-electron chi connectivity index (χ4n) is 1.88. The predicted molar refractivity (Wildman–Crippen MR) is 76.4 cm³/mol. The number of ether oxygens (including phenoxy) is 1. The Morgan fingerprint density at radius 3 is 2.90 bits per heavy atom. The number of anilines is 1. The molecule has 0 fully saturated rings. The second-order valence-corrected chi connectivity index (χ2v) is 5.87. The second-order valence-electron chi connectivity index (χ2n) is 4.19. The third-order valence-electron chi connectivity index (χ3n) is 2.79. The maximum absolute atomic E-state index is 12.4. The molecular formula is C12H18N4O3S. The lowest BCUT2D eigenvalue weighted by Gasteiger charge is -2.08. The first-order chi connectivity index (χ1) is 9.60. The monoisotopic (exact) mass is 298 g/mol. The molecule has 0 amide bonds. The molecule has 0 radical (unpaired) electrons. The molecular weight excluding hydrogens is 280 g/mol. The van der Waals surface area contributed by atoms with E-state index in [-0.39, 0.29) is 5.03 Å². The lowest BCUT2D eigenvalue weighted by Crippen LogP contribution is -2.27. The summed E-state index contributed by atoms with van der Waals surface area (Å²) in [5.74, 6) is 0.329. The summed E-state index contributed by atoms with van der Waals surface area (Å²) in [6.45, 7) is 0.827. The van der Waals surface area contributed by atoms with Gasteiger partial charge in [-0.2, -0.15) is 0 Å². The molecule has 2 aromatic heterocycles. The van der Waals surface area contributed by atoms with Gasteiger partial charge in [-0.25, -0.2) is 18.1 Å². The summed E-state index contributed by atoms with van der Waals surface area (Å²) in [5.41, 5.74) is 0.578. The molecule has 0 aromatic carbocycles. The van der Waals surface area contributed by atoms with Crippen LogP contribution >= 0.6 is 0 Å². The van der Waals surface area contributed by atoms with E-state index in [2.05, 4.69) is 15.0 Å². The number of nitrogens with one attached hydrogen (secondary N) is 2. The van der Waals surface area contributed by atoms with Gasteiger partial charge in [0.1, 0.15) is 5.65 Å². The molecule has 7 nitrogen and oxygen atoms in total. The summed E-state index contributed by atoms with van der Waals surface area (Å²) in [5, 5.41) is 2.94. The first-order valence-electron chi connectivity index (χ1n) is 6.23. The molecule has 20 heavy (non-hydrogen) atoms. The van der Waals surface area contributed by atoms with Gasteiger partial charge in [0.2, 0.25) is 0 Å². The van der Waals surface area contributed by atoms with Crippen LogP contribution < -0.4 is 10.0 Å². The minimum absolute atomic E-state index is 0.119. The SMILES string of the molecule is CNc1nc2ccccn2c1S(=O)(=O)NCCCOC. The molecule has 2 heterocycles. The van der Waals surface area contributed by atoms with E-state index in [1.807, 2.05) is 6.07 Å². The molecule has 0 aliphatic rings. The van der Waals surface area contributed by atoms with Gasteiger partial charge in [0, 0.05) is 33.5 Å². The zero-order valence-electron chi connectivity index (χ0n) is 11.5.